The first-order valence-corrected chi connectivity index (χ1v) is 4.75. The molecular formula is C10H19O2. The molecule has 0 aliphatic heterocycles. The number of hydrogen-bond acceptors (Lipinski definition) is 2. The second-order valence-corrected chi connectivity index (χ2v) is 3.27. The summed E-state index contributed by atoms with van der Waals surface area (Å²) in [4.78, 5) is 9.77. The number of carbonyl (C=O) groups excluding carboxylic acids is 1. The van der Waals surface area contributed by atoms with Crippen LogP contribution in [0.5, 0.6) is 0 Å². The van der Waals surface area contributed by atoms with Crippen molar-refractivity contribution in [3.63, 3.8) is 0 Å². The van der Waals surface area contributed by atoms with Gasteiger partial charge in [-0.1, -0.05) is 33.6 Å². The van der Waals surface area contributed by atoms with Crippen molar-refractivity contribution in [3.05, 3.63) is 0 Å². The molecule has 0 aliphatic carbocycles. The SMILES string of the molecule is CCC(C)C(CC)CCO[C]=O. The van der Waals surface area contributed by atoms with Crippen molar-refractivity contribution in [3.8, 4) is 0 Å². The van der Waals surface area contributed by atoms with Crippen LogP contribution in [0.15, 0.2) is 0 Å². The smallest absolute Gasteiger partial charge is 0.417 e. The number of rotatable bonds is 7. The summed E-state index contributed by atoms with van der Waals surface area (Å²) in [5, 5.41) is 0. The van der Waals surface area contributed by atoms with Crippen LogP contribution in [0.3, 0.4) is 0 Å². The van der Waals surface area contributed by atoms with E-state index in [0.29, 0.717) is 12.5 Å². The molecule has 0 spiro atoms. The Labute approximate surface area is 75.3 Å². The summed E-state index contributed by atoms with van der Waals surface area (Å²) in [5.41, 5.74) is 0. The molecule has 2 unspecified atom stereocenters. The first kappa shape index (κ1) is 11.5. The third-order valence-electron chi connectivity index (χ3n) is 2.62. The van der Waals surface area contributed by atoms with Gasteiger partial charge in [-0.3, -0.25) is 0 Å². The molecule has 0 rings (SSSR count). The molecule has 0 bridgehead atoms. The molecule has 0 amide bonds. The van der Waals surface area contributed by atoms with Gasteiger partial charge in [-0.15, -0.1) is 0 Å². The predicted molar refractivity (Wildman–Crippen MR) is 49.5 cm³/mol. The lowest BCUT2D eigenvalue weighted by Crippen LogP contribution is -2.12. The van der Waals surface area contributed by atoms with E-state index in [-0.39, 0.29) is 0 Å². The van der Waals surface area contributed by atoms with E-state index in [4.69, 9.17) is 0 Å². The minimum absolute atomic E-state index is 0.520. The predicted octanol–water partition coefficient (Wildman–Crippen LogP) is 2.53. The summed E-state index contributed by atoms with van der Waals surface area (Å²) in [6.07, 6.45) is 3.33. The largest absolute Gasteiger partial charge is 0.457 e. The highest BCUT2D eigenvalue weighted by Gasteiger charge is 2.13. The molecule has 2 atom stereocenters. The fourth-order valence-electron chi connectivity index (χ4n) is 1.48. The molecule has 0 N–H and O–H groups in total. The van der Waals surface area contributed by atoms with Crippen LogP contribution in [0.4, 0.5) is 0 Å². The van der Waals surface area contributed by atoms with Gasteiger partial charge in [-0.05, 0) is 18.3 Å². The van der Waals surface area contributed by atoms with Gasteiger partial charge in [0.2, 0.25) is 0 Å². The molecule has 0 aromatic rings. The molecule has 2 nitrogen and oxygen atoms in total. The third kappa shape index (κ3) is 4.37. The van der Waals surface area contributed by atoms with Crippen molar-refractivity contribution in [1.82, 2.24) is 0 Å². The van der Waals surface area contributed by atoms with E-state index in [0.717, 1.165) is 18.8 Å². The van der Waals surface area contributed by atoms with E-state index in [1.165, 1.54) is 12.9 Å². The maximum Gasteiger partial charge on any atom is 0.417 e. The van der Waals surface area contributed by atoms with Crippen LogP contribution in [0, 0.1) is 11.8 Å². The molecule has 0 saturated heterocycles. The van der Waals surface area contributed by atoms with Crippen LogP contribution in [0.2, 0.25) is 0 Å². The van der Waals surface area contributed by atoms with Crippen LogP contribution >= 0.6 is 0 Å². The molecule has 12 heavy (non-hydrogen) atoms. The van der Waals surface area contributed by atoms with E-state index in [1.54, 1.807) is 0 Å². The highest BCUT2D eigenvalue weighted by atomic mass is 16.5. The minimum atomic E-state index is 0.520. The van der Waals surface area contributed by atoms with E-state index in [1.807, 2.05) is 0 Å². The average molecular weight is 171 g/mol. The zero-order valence-corrected chi connectivity index (χ0v) is 8.30. The van der Waals surface area contributed by atoms with Crippen LogP contribution in [0.1, 0.15) is 40.0 Å². The monoisotopic (exact) mass is 171 g/mol. The third-order valence-corrected chi connectivity index (χ3v) is 2.62. The molecule has 0 aliphatic rings. The van der Waals surface area contributed by atoms with E-state index in [2.05, 4.69) is 25.5 Å². The fraction of sp³-hybridized carbons (Fsp3) is 0.900. The van der Waals surface area contributed by atoms with E-state index >= 15 is 0 Å². The van der Waals surface area contributed by atoms with Gasteiger partial charge in [0.25, 0.3) is 0 Å². The van der Waals surface area contributed by atoms with Gasteiger partial charge in [0, 0.05) is 0 Å². The number of hydrogen-bond donors (Lipinski definition) is 0. The first-order valence-electron chi connectivity index (χ1n) is 4.75. The molecule has 0 aromatic carbocycles. The molecule has 2 heteroatoms. The maximum absolute atomic E-state index is 9.77. The summed E-state index contributed by atoms with van der Waals surface area (Å²) >= 11 is 0. The van der Waals surface area contributed by atoms with Gasteiger partial charge in [0.1, 0.15) is 0 Å². The fourth-order valence-corrected chi connectivity index (χ4v) is 1.48. The zero-order chi connectivity index (χ0) is 9.40. The van der Waals surface area contributed by atoms with Crippen molar-refractivity contribution in [2.75, 3.05) is 6.61 Å². The molecule has 0 heterocycles. The second-order valence-electron chi connectivity index (χ2n) is 3.27. The molecular weight excluding hydrogens is 152 g/mol. The first-order chi connectivity index (χ1) is 5.76. The van der Waals surface area contributed by atoms with Gasteiger partial charge in [-0.2, -0.15) is 0 Å². The molecule has 0 fully saturated rings. The highest BCUT2D eigenvalue weighted by Crippen LogP contribution is 2.21. The average Bonchev–Trinajstić information content (AvgIpc) is 2.11. The topological polar surface area (TPSA) is 26.3 Å². The van der Waals surface area contributed by atoms with Crippen molar-refractivity contribution < 1.29 is 9.53 Å². The summed E-state index contributed by atoms with van der Waals surface area (Å²) < 4.78 is 4.55. The maximum atomic E-state index is 9.77. The van der Waals surface area contributed by atoms with E-state index in [9.17, 15) is 4.79 Å². The van der Waals surface area contributed by atoms with Gasteiger partial charge in [0.15, 0.2) is 0 Å². The van der Waals surface area contributed by atoms with Crippen LogP contribution in [-0.4, -0.2) is 13.1 Å². The van der Waals surface area contributed by atoms with Crippen LogP contribution in [-0.2, 0) is 9.53 Å². The van der Waals surface area contributed by atoms with Gasteiger partial charge in [0.05, 0.1) is 6.61 Å². The standard InChI is InChI=1S/C10H19O2/c1-4-9(3)10(5-2)6-7-12-8-11/h9-10H,4-7H2,1-3H3. The lowest BCUT2D eigenvalue weighted by atomic mass is 9.87. The Balaban J connectivity index is 3.58. The number of ether oxygens (including phenoxy) is 1. The molecule has 1 radical (unpaired) electrons. The Kier molecular flexibility index (Phi) is 6.82. The Morgan fingerprint density at radius 3 is 2.42 bits per heavy atom. The van der Waals surface area contributed by atoms with Gasteiger partial charge >= 0.3 is 6.47 Å². The normalized spacial score (nSPS) is 15.2. The quantitative estimate of drug-likeness (QED) is 0.550. The van der Waals surface area contributed by atoms with Crippen molar-refractivity contribution in [2.24, 2.45) is 11.8 Å². The zero-order valence-electron chi connectivity index (χ0n) is 8.30. The molecule has 0 saturated carbocycles. The lowest BCUT2D eigenvalue weighted by Gasteiger charge is -2.20. The second kappa shape index (κ2) is 7.14. The Bertz CT molecular complexity index is 112. The Morgan fingerprint density at radius 2 is 2.00 bits per heavy atom. The molecule has 71 valence electrons. The van der Waals surface area contributed by atoms with Gasteiger partial charge < -0.3 is 4.74 Å². The van der Waals surface area contributed by atoms with Crippen molar-refractivity contribution >= 4 is 6.47 Å². The highest BCUT2D eigenvalue weighted by molar-refractivity contribution is 5.38. The summed E-state index contributed by atoms with van der Waals surface area (Å²) in [6, 6.07) is 0. The Hall–Kier alpha value is -0.530. The van der Waals surface area contributed by atoms with Crippen LogP contribution in [0.25, 0.3) is 0 Å². The summed E-state index contributed by atoms with van der Waals surface area (Å²) in [7, 11) is 0. The van der Waals surface area contributed by atoms with Crippen molar-refractivity contribution in [2.45, 2.75) is 40.0 Å². The van der Waals surface area contributed by atoms with Crippen molar-refractivity contribution in [1.29, 1.82) is 0 Å². The summed E-state index contributed by atoms with van der Waals surface area (Å²) in [6.45, 7) is 8.60. The van der Waals surface area contributed by atoms with Crippen LogP contribution < -0.4 is 0 Å². The lowest BCUT2D eigenvalue weighted by molar-refractivity contribution is 0.216. The molecule has 0 aromatic heterocycles. The van der Waals surface area contributed by atoms with Gasteiger partial charge in [-0.25, -0.2) is 4.79 Å². The minimum Gasteiger partial charge on any atom is -0.457 e. The Morgan fingerprint density at radius 1 is 1.33 bits per heavy atom. The van der Waals surface area contributed by atoms with E-state index < -0.39 is 0 Å². The summed E-state index contributed by atoms with van der Waals surface area (Å²) in [5.74, 6) is 1.41.